The number of amides is 1. The molecule has 1 aromatic rings. The third kappa shape index (κ3) is 4.66. The predicted octanol–water partition coefficient (Wildman–Crippen LogP) is 0.664. The SMILES string of the molecule is COc1ncc(C(O)C(O)CCNC(C)=O)cc1Cl. The molecule has 1 rings (SSSR count). The fourth-order valence-electron chi connectivity index (χ4n) is 1.53. The summed E-state index contributed by atoms with van der Waals surface area (Å²) in [6, 6.07) is 1.49. The molecule has 0 fully saturated rings. The van der Waals surface area contributed by atoms with Gasteiger partial charge in [0.1, 0.15) is 11.1 Å². The number of aliphatic hydroxyl groups excluding tert-OH is 2. The molecule has 106 valence electrons. The Labute approximate surface area is 116 Å². The molecule has 0 aliphatic heterocycles. The first-order valence-corrected chi connectivity index (χ1v) is 6.13. The summed E-state index contributed by atoms with van der Waals surface area (Å²) in [6.07, 6.45) is -0.524. The van der Waals surface area contributed by atoms with Gasteiger partial charge in [0.15, 0.2) is 0 Å². The maximum Gasteiger partial charge on any atom is 0.232 e. The lowest BCUT2D eigenvalue weighted by Crippen LogP contribution is -2.27. The average Bonchev–Trinajstić information content (AvgIpc) is 2.37. The fourth-order valence-corrected chi connectivity index (χ4v) is 1.78. The van der Waals surface area contributed by atoms with Crippen molar-refractivity contribution in [1.29, 1.82) is 0 Å². The van der Waals surface area contributed by atoms with Crippen molar-refractivity contribution in [3.63, 3.8) is 0 Å². The van der Waals surface area contributed by atoms with Crippen LogP contribution in [-0.2, 0) is 4.79 Å². The number of carbonyl (C=O) groups is 1. The molecule has 1 aromatic heterocycles. The van der Waals surface area contributed by atoms with Gasteiger partial charge < -0.3 is 20.3 Å². The summed E-state index contributed by atoms with van der Waals surface area (Å²) in [5, 5.41) is 22.5. The maximum atomic E-state index is 10.7. The van der Waals surface area contributed by atoms with Crippen molar-refractivity contribution >= 4 is 17.5 Å². The number of nitrogens with one attached hydrogen (secondary N) is 1. The Morgan fingerprint density at radius 2 is 2.26 bits per heavy atom. The Kier molecular flexibility index (Phi) is 6.01. The van der Waals surface area contributed by atoms with Crippen LogP contribution < -0.4 is 10.1 Å². The number of aliphatic hydroxyl groups is 2. The minimum atomic E-state index is -1.12. The monoisotopic (exact) mass is 288 g/mol. The lowest BCUT2D eigenvalue weighted by molar-refractivity contribution is -0.119. The van der Waals surface area contributed by atoms with Crippen molar-refractivity contribution < 1.29 is 19.7 Å². The molecule has 0 saturated heterocycles. The second kappa shape index (κ2) is 7.28. The van der Waals surface area contributed by atoms with E-state index in [1.807, 2.05) is 0 Å². The highest BCUT2D eigenvalue weighted by Gasteiger charge is 2.19. The second-order valence-electron chi connectivity index (χ2n) is 4.04. The number of methoxy groups -OCH3 is 1. The molecule has 0 aliphatic rings. The molecule has 1 amide bonds. The van der Waals surface area contributed by atoms with Crippen LogP contribution in [0, 0.1) is 0 Å². The molecule has 0 bridgehead atoms. The third-order valence-corrected chi connectivity index (χ3v) is 2.81. The van der Waals surface area contributed by atoms with Crippen LogP contribution in [0.4, 0.5) is 0 Å². The zero-order valence-corrected chi connectivity index (χ0v) is 11.5. The zero-order chi connectivity index (χ0) is 14.4. The predicted molar refractivity (Wildman–Crippen MR) is 70.1 cm³/mol. The van der Waals surface area contributed by atoms with E-state index in [0.717, 1.165) is 0 Å². The number of nitrogens with zero attached hydrogens (tertiary/aromatic N) is 1. The smallest absolute Gasteiger partial charge is 0.232 e. The Balaban J connectivity index is 2.63. The van der Waals surface area contributed by atoms with Crippen molar-refractivity contribution in [3.05, 3.63) is 22.8 Å². The minimum absolute atomic E-state index is 0.184. The third-order valence-electron chi connectivity index (χ3n) is 2.54. The van der Waals surface area contributed by atoms with E-state index in [2.05, 4.69) is 10.3 Å². The van der Waals surface area contributed by atoms with Gasteiger partial charge in [-0.3, -0.25) is 4.79 Å². The van der Waals surface area contributed by atoms with Crippen LogP contribution >= 0.6 is 11.6 Å². The Hall–Kier alpha value is -1.37. The van der Waals surface area contributed by atoms with Gasteiger partial charge in [0.05, 0.1) is 13.2 Å². The van der Waals surface area contributed by atoms with Gasteiger partial charge in [-0.2, -0.15) is 0 Å². The van der Waals surface area contributed by atoms with Gasteiger partial charge in [-0.1, -0.05) is 11.6 Å². The Morgan fingerprint density at radius 3 is 2.79 bits per heavy atom. The molecular formula is C12H17ClN2O4. The van der Waals surface area contributed by atoms with Crippen molar-refractivity contribution in [2.75, 3.05) is 13.7 Å². The number of pyridine rings is 1. The molecule has 0 radical (unpaired) electrons. The number of hydrogen-bond acceptors (Lipinski definition) is 5. The second-order valence-corrected chi connectivity index (χ2v) is 4.45. The first kappa shape index (κ1) is 15.7. The molecule has 1 heterocycles. The van der Waals surface area contributed by atoms with E-state index >= 15 is 0 Å². The molecule has 2 unspecified atom stereocenters. The summed E-state index contributed by atoms with van der Waals surface area (Å²) >= 11 is 5.89. The highest BCUT2D eigenvalue weighted by Crippen LogP contribution is 2.26. The molecule has 0 aromatic carbocycles. The fraction of sp³-hybridized carbons (Fsp3) is 0.500. The zero-order valence-electron chi connectivity index (χ0n) is 10.8. The summed E-state index contributed by atoms with van der Waals surface area (Å²) in [5.74, 6) is 0.0706. The molecule has 6 nitrogen and oxygen atoms in total. The van der Waals surface area contributed by atoms with Gasteiger partial charge in [0.2, 0.25) is 11.8 Å². The van der Waals surface area contributed by atoms with Crippen LogP contribution in [0.25, 0.3) is 0 Å². The van der Waals surface area contributed by atoms with Gasteiger partial charge in [-0.05, 0) is 12.5 Å². The van der Waals surface area contributed by atoms with Crippen molar-refractivity contribution in [2.45, 2.75) is 25.6 Å². The number of rotatable bonds is 6. The van der Waals surface area contributed by atoms with Crippen LogP contribution in [-0.4, -0.2) is 40.9 Å². The molecule has 19 heavy (non-hydrogen) atoms. The van der Waals surface area contributed by atoms with Gasteiger partial charge in [0.25, 0.3) is 0 Å². The highest BCUT2D eigenvalue weighted by atomic mass is 35.5. The number of carbonyl (C=O) groups excluding carboxylic acids is 1. The van der Waals surface area contributed by atoms with E-state index in [4.69, 9.17) is 16.3 Å². The summed E-state index contributed by atoms with van der Waals surface area (Å²) in [6.45, 7) is 1.67. The molecule has 0 aliphatic carbocycles. The first-order chi connectivity index (χ1) is 8.95. The van der Waals surface area contributed by atoms with Gasteiger partial charge in [-0.25, -0.2) is 4.98 Å². The van der Waals surface area contributed by atoms with Crippen molar-refractivity contribution in [2.24, 2.45) is 0 Å². The quantitative estimate of drug-likeness (QED) is 0.715. The van der Waals surface area contributed by atoms with E-state index in [1.165, 1.54) is 26.3 Å². The van der Waals surface area contributed by atoms with Crippen LogP contribution in [0.15, 0.2) is 12.3 Å². The largest absolute Gasteiger partial charge is 0.480 e. The van der Waals surface area contributed by atoms with Gasteiger partial charge in [0, 0.05) is 25.2 Å². The Bertz CT molecular complexity index is 442. The Morgan fingerprint density at radius 1 is 1.58 bits per heavy atom. The number of halogens is 1. The van der Waals surface area contributed by atoms with E-state index in [9.17, 15) is 15.0 Å². The minimum Gasteiger partial charge on any atom is -0.480 e. The highest BCUT2D eigenvalue weighted by molar-refractivity contribution is 6.31. The van der Waals surface area contributed by atoms with Gasteiger partial charge >= 0.3 is 0 Å². The lowest BCUT2D eigenvalue weighted by Gasteiger charge is -2.18. The molecule has 0 saturated carbocycles. The van der Waals surface area contributed by atoms with Crippen LogP contribution in [0.2, 0.25) is 5.02 Å². The summed E-state index contributed by atoms with van der Waals surface area (Å²) in [5.41, 5.74) is 0.390. The van der Waals surface area contributed by atoms with Gasteiger partial charge in [-0.15, -0.1) is 0 Å². The molecule has 2 atom stereocenters. The normalized spacial score (nSPS) is 13.7. The molecule has 3 N–H and O–H groups in total. The van der Waals surface area contributed by atoms with Crippen molar-refractivity contribution in [3.8, 4) is 5.88 Å². The molecule has 7 heteroatoms. The van der Waals surface area contributed by atoms with E-state index in [1.54, 1.807) is 0 Å². The topological polar surface area (TPSA) is 91.7 Å². The number of aromatic nitrogens is 1. The average molecular weight is 289 g/mol. The van der Waals surface area contributed by atoms with E-state index in [0.29, 0.717) is 5.56 Å². The first-order valence-electron chi connectivity index (χ1n) is 5.75. The summed E-state index contributed by atoms with van der Waals surface area (Å²) in [7, 11) is 1.44. The van der Waals surface area contributed by atoms with Crippen LogP contribution in [0.1, 0.15) is 25.0 Å². The molecule has 0 spiro atoms. The van der Waals surface area contributed by atoms with E-state index in [-0.39, 0.29) is 29.8 Å². The number of ether oxygens (including phenoxy) is 1. The van der Waals surface area contributed by atoms with Crippen molar-refractivity contribution in [1.82, 2.24) is 10.3 Å². The summed E-state index contributed by atoms with van der Waals surface area (Å²) in [4.78, 5) is 14.6. The lowest BCUT2D eigenvalue weighted by atomic mass is 10.0. The van der Waals surface area contributed by atoms with Crippen LogP contribution in [0.3, 0.4) is 0 Å². The summed E-state index contributed by atoms with van der Waals surface area (Å²) < 4.78 is 4.90. The molecular weight excluding hydrogens is 272 g/mol. The standard InChI is InChI=1S/C12H17ClN2O4/c1-7(16)14-4-3-10(17)11(18)8-5-9(13)12(19-2)15-6-8/h5-6,10-11,17-18H,3-4H2,1-2H3,(H,14,16). The maximum absolute atomic E-state index is 10.7. The van der Waals surface area contributed by atoms with E-state index < -0.39 is 12.2 Å². The number of hydrogen-bond donors (Lipinski definition) is 3. The van der Waals surface area contributed by atoms with Crippen LogP contribution in [0.5, 0.6) is 5.88 Å².